The lowest BCUT2D eigenvalue weighted by Gasteiger charge is -2.20. The number of imidazole rings is 1. The number of halogens is 2. The summed E-state index contributed by atoms with van der Waals surface area (Å²) in [6.45, 7) is 2.36. The van der Waals surface area contributed by atoms with E-state index >= 15 is 0 Å². The summed E-state index contributed by atoms with van der Waals surface area (Å²) in [5.41, 5.74) is 2.51. The fourth-order valence-corrected chi connectivity index (χ4v) is 3.42. The number of benzene rings is 2. The van der Waals surface area contributed by atoms with Crippen LogP contribution in [0.15, 0.2) is 65.6 Å². The number of aliphatic hydroxyl groups is 1. The molecule has 1 heterocycles. The molecule has 0 amide bonds. The summed E-state index contributed by atoms with van der Waals surface area (Å²) in [5.74, 6) is 0.248. The van der Waals surface area contributed by atoms with Crippen molar-refractivity contribution in [3.05, 3.63) is 94.8 Å². The highest BCUT2D eigenvalue weighted by Gasteiger charge is 2.16. The van der Waals surface area contributed by atoms with Crippen LogP contribution in [0.3, 0.4) is 0 Å². The molecular formula is C24H25F2N3O. The van der Waals surface area contributed by atoms with Crippen molar-refractivity contribution in [2.24, 2.45) is 4.99 Å². The standard InChI is InChI=1S/C24H25F2N3O/c1-17-15-19(5-8-23(17)26)22(18-3-6-20(25)7-4-18)10-13-29-14-12-28-24(29)16-21(30)9-11-27-2/h3-8,11-12,14-16,22,30H,9-10,13H2,1-2H3/b21-16-,27-11-/t22-/m0/s1. The highest BCUT2D eigenvalue weighted by Crippen LogP contribution is 2.30. The van der Waals surface area contributed by atoms with Crippen LogP contribution in [0, 0.1) is 18.6 Å². The number of allylic oxidation sites excluding steroid dienone is 1. The van der Waals surface area contributed by atoms with Crippen LogP contribution in [-0.2, 0) is 6.54 Å². The smallest absolute Gasteiger partial charge is 0.135 e. The third kappa shape index (κ3) is 5.41. The normalized spacial score (nSPS) is 13.1. The molecule has 0 aliphatic carbocycles. The minimum atomic E-state index is -0.291. The van der Waals surface area contributed by atoms with Gasteiger partial charge < -0.3 is 14.7 Å². The molecule has 0 aliphatic heterocycles. The van der Waals surface area contributed by atoms with Crippen molar-refractivity contribution < 1.29 is 13.9 Å². The van der Waals surface area contributed by atoms with Crippen LogP contribution >= 0.6 is 0 Å². The van der Waals surface area contributed by atoms with Crippen molar-refractivity contribution in [2.45, 2.75) is 32.2 Å². The molecule has 156 valence electrons. The van der Waals surface area contributed by atoms with E-state index in [9.17, 15) is 13.9 Å². The third-order valence-electron chi connectivity index (χ3n) is 5.04. The Morgan fingerprint density at radius 1 is 1.17 bits per heavy atom. The van der Waals surface area contributed by atoms with Crippen LogP contribution in [0.4, 0.5) is 8.78 Å². The van der Waals surface area contributed by atoms with Crippen LogP contribution in [-0.4, -0.2) is 27.9 Å². The van der Waals surface area contributed by atoms with Crippen LogP contribution in [0.5, 0.6) is 0 Å². The molecule has 0 unspecified atom stereocenters. The van der Waals surface area contributed by atoms with E-state index in [0.717, 1.165) is 11.1 Å². The maximum atomic E-state index is 13.8. The van der Waals surface area contributed by atoms with Gasteiger partial charge in [0.25, 0.3) is 0 Å². The number of hydrogen-bond donors (Lipinski definition) is 1. The summed E-state index contributed by atoms with van der Waals surface area (Å²) < 4.78 is 29.2. The van der Waals surface area contributed by atoms with Crippen molar-refractivity contribution in [3.8, 4) is 0 Å². The molecule has 1 atom stereocenters. The number of rotatable bonds is 8. The Kier molecular flexibility index (Phi) is 7.12. The summed E-state index contributed by atoms with van der Waals surface area (Å²) >= 11 is 0. The second-order valence-electron chi connectivity index (χ2n) is 7.16. The molecule has 0 fully saturated rings. The fourth-order valence-electron chi connectivity index (χ4n) is 3.42. The minimum absolute atomic E-state index is 0.0371. The SMILES string of the molecule is C/N=C\C/C(O)=C/c1nccn1CC[C@@H](c1ccc(F)cc1)c1ccc(F)c(C)c1. The third-order valence-corrected chi connectivity index (χ3v) is 5.04. The average Bonchev–Trinajstić information content (AvgIpc) is 3.17. The topological polar surface area (TPSA) is 50.4 Å². The van der Waals surface area contributed by atoms with E-state index in [4.69, 9.17) is 0 Å². The molecule has 2 aromatic carbocycles. The first-order chi connectivity index (χ1) is 14.5. The maximum Gasteiger partial charge on any atom is 0.135 e. The van der Waals surface area contributed by atoms with Crippen molar-refractivity contribution in [3.63, 3.8) is 0 Å². The second kappa shape index (κ2) is 9.96. The Balaban J connectivity index is 1.85. The predicted molar refractivity (Wildman–Crippen MR) is 116 cm³/mol. The molecule has 3 rings (SSSR count). The first-order valence-corrected chi connectivity index (χ1v) is 9.80. The first-order valence-electron chi connectivity index (χ1n) is 9.80. The Morgan fingerprint density at radius 3 is 2.60 bits per heavy atom. The first kappa shape index (κ1) is 21.4. The van der Waals surface area contributed by atoms with Crippen LogP contribution in [0.1, 0.15) is 41.3 Å². The van der Waals surface area contributed by atoms with E-state index in [-0.39, 0.29) is 23.3 Å². The number of hydrogen-bond acceptors (Lipinski definition) is 3. The average molecular weight is 409 g/mol. The van der Waals surface area contributed by atoms with E-state index < -0.39 is 0 Å². The molecule has 0 aliphatic rings. The van der Waals surface area contributed by atoms with Gasteiger partial charge in [0.15, 0.2) is 0 Å². The second-order valence-corrected chi connectivity index (χ2v) is 7.16. The molecular weight excluding hydrogens is 384 g/mol. The predicted octanol–water partition coefficient (Wildman–Crippen LogP) is 5.68. The highest BCUT2D eigenvalue weighted by atomic mass is 19.1. The Bertz CT molecular complexity index is 1040. The maximum absolute atomic E-state index is 13.8. The molecule has 6 heteroatoms. The Hall–Kier alpha value is -3.28. The number of aryl methyl sites for hydroxylation is 2. The molecule has 0 saturated carbocycles. The van der Waals surface area contributed by atoms with Crippen molar-refractivity contribution in [1.29, 1.82) is 0 Å². The van der Waals surface area contributed by atoms with Gasteiger partial charge in [-0.25, -0.2) is 13.8 Å². The van der Waals surface area contributed by atoms with Crippen LogP contribution in [0.25, 0.3) is 6.08 Å². The minimum Gasteiger partial charge on any atom is -0.512 e. The zero-order valence-corrected chi connectivity index (χ0v) is 17.1. The van der Waals surface area contributed by atoms with Gasteiger partial charge in [0, 0.05) is 50.6 Å². The summed E-state index contributed by atoms with van der Waals surface area (Å²) in [5, 5.41) is 10.0. The number of aromatic nitrogens is 2. The lowest BCUT2D eigenvalue weighted by molar-refractivity contribution is 0.411. The zero-order chi connectivity index (χ0) is 21.5. The monoisotopic (exact) mass is 409 g/mol. The van der Waals surface area contributed by atoms with Crippen molar-refractivity contribution >= 4 is 12.3 Å². The molecule has 30 heavy (non-hydrogen) atoms. The van der Waals surface area contributed by atoms with E-state index in [2.05, 4.69) is 9.98 Å². The summed E-state index contributed by atoms with van der Waals surface area (Å²) in [6.07, 6.45) is 7.82. The number of nitrogens with zero attached hydrogens (tertiary/aromatic N) is 3. The van der Waals surface area contributed by atoms with Gasteiger partial charge in [0.1, 0.15) is 23.2 Å². The van der Waals surface area contributed by atoms with E-state index in [0.29, 0.717) is 30.8 Å². The highest BCUT2D eigenvalue weighted by molar-refractivity contribution is 5.63. The molecule has 0 radical (unpaired) electrons. The van der Waals surface area contributed by atoms with E-state index in [1.54, 1.807) is 50.7 Å². The molecule has 0 saturated heterocycles. The fraction of sp³-hybridized carbons (Fsp3) is 0.250. The van der Waals surface area contributed by atoms with Crippen LogP contribution < -0.4 is 0 Å². The molecule has 3 aromatic rings. The van der Waals surface area contributed by atoms with Gasteiger partial charge in [-0.15, -0.1) is 0 Å². The molecule has 0 bridgehead atoms. The quantitative estimate of drug-likeness (QED) is 0.384. The summed E-state index contributed by atoms with van der Waals surface area (Å²) in [7, 11) is 1.65. The molecule has 1 aromatic heterocycles. The number of aliphatic imine (C=N–C) groups is 1. The molecule has 4 nitrogen and oxygen atoms in total. The van der Waals surface area contributed by atoms with Gasteiger partial charge in [-0.05, 0) is 48.2 Å². The van der Waals surface area contributed by atoms with Crippen molar-refractivity contribution in [2.75, 3.05) is 7.05 Å². The summed E-state index contributed by atoms with van der Waals surface area (Å²) in [4.78, 5) is 8.17. The van der Waals surface area contributed by atoms with Gasteiger partial charge >= 0.3 is 0 Å². The Labute approximate surface area is 175 Å². The van der Waals surface area contributed by atoms with Gasteiger partial charge in [0.05, 0.1) is 0 Å². The van der Waals surface area contributed by atoms with Gasteiger partial charge in [-0.3, -0.25) is 0 Å². The molecule has 0 spiro atoms. The largest absolute Gasteiger partial charge is 0.512 e. The van der Waals surface area contributed by atoms with Gasteiger partial charge in [-0.1, -0.05) is 24.3 Å². The van der Waals surface area contributed by atoms with Crippen LogP contribution in [0.2, 0.25) is 0 Å². The molecule has 1 N–H and O–H groups in total. The summed E-state index contributed by atoms with van der Waals surface area (Å²) in [6, 6.07) is 11.5. The lowest BCUT2D eigenvalue weighted by atomic mass is 9.87. The van der Waals surface area contributed by atoms with E-state index in [1.165, 1.54) is 18.2 Å². The van der Waals surface area contributed by atoms with E-state index in [1.807, 2.05) is 16.8 Å². The number of aliphatic hydroxyl groups excluding tert-OH is 1. The Morgan fingerprint density at radius 2 is 1.90 bits per heavy atom. The van der Waals surface area contributed by atoms with Gasteiger partial charge in [0.2, 0.25) is 0 Å². The van der Waals surface area contributed by atoms with Crippen molar-refractivity contribution in [1.82, 2.24) is 9.55 Å². The van der Waals surface area contributed by atoms with Gasteiger partial charge in [-0.2, -0.15) is 0 Å². The zero-order valence-electron chi connectivity index (χ0n) is 17.1. The lowest BCUT2D eigenvalue weighted by Crippen LogP contribution is -2.08.